The molecule has 0 bridgehead atoms. The summed E-state index contributed by atoms with van der Waals surface area (Å²) >= 11 is 5.83. The lowest BCUT2D eigenvalue weighted by molar-refractivity contribution is -0.132. The van der Waals surface area contributed by atoms with Crippen LogP contribution in [0.1, 0.15) is 28.9 Å². The van der Waals surface area contributed by atoms with Crippen LogP contribution in [0.4, 0.5) is 11.6 Å². The highest BCUT2D eigenvalue weighted by molar-refractivity contribution is 6.31. The number of nitrogens with two attached hydrogens (primary N) is 2. The van der Waals surface area contributed by atoms with Crippen molar-refractivity contribution in [3.63, 3.8) is 0 Å². The summed E-state index contributed by atoms with van der Waals surface area (Å²) in [4.78, 5) is 38.6. The number of guanidine groups is 1. The Labute approximate surface area is 188 Å². The molecule has 1 aromatic carbocycles. The maximum atomic E-state index is 12.6. The molecule has 0 aliphatic carbocycles. The second kappa shape index (κ2) is 8.50. The average Bonchev–Trinajstić information content (AvgIpc) is 3.14. The molecular formula is C20H23ClN8O3. The Morgan fingerprint density at radius 1 is 1.16 bits per heavy atom. The molecule has 7 N–H and O–H groups in total. The number of carbonyl (C=O) groups excluding carboxylic acids is 2. The van der Waals surface area contributed by atoms with Gasteiger partial charge in [0.15, 0.2) is 28.4 Å². The lowest BCUT2D eigenvalue weighted by atomic mass is 9.88. The Kier molecular flexibility index (Phi) is 5.74. The fourth-order valence-electron chi connectivity index (χ4n) is 3.80. The van der Waals surface area contributed by atoms with Crippen LogP contribution in [0, 0.1) is 0 Å². The van der Waals surface area contributed by atoms with Crippen molar-refractivity contribution in [2.24, 2.45) is 4.99 Å². The van der Waals surface area contributed by atoms with Crippen LogP contribution in [0.25, 0.3) is 0 Å². The summed E-state index contributed by atoms with van der Waals surface area (Å²) in [7, 11) is 0. The number of aliphatic imine (C=N–C) groups is 1. The fourth-order valence-corrected chi connectivity index (χ4v) is 3.93. The maximum absolute atomic E-state index is 12.6. The molecule has 1 spiro atoms. The van der Waals surface area contributed by atoms with Gasteiger partial charge in [0, 0.05) is 19.6 Å². The van der Waals surface area contributed by atoms with Gasteiger partial charge in [-0.25, -0.2) is 9.97 Å². The van der Waals surface area contributed by atoms with Gasteiger partial charge >= 0.3 is 5.91 Å². The lowest BCUT2D eigenvalue weighted by Crippen LogP contribution is -2.54. The zero-order chi connectivity index (χ0) is 22.9. The Balaban J connectivity index is 1.35. The Morgan fingerprint density at radius 2 is 1.84 bits per heavy atom. The number of piperidine rings is 1. The highest BCUT2D eigenvalue weighted by Crippen LogP contribution is 2.25. The summed E-state index contributed by atoms with van der Waals surface area (Å²) < 4.78 is 0. The second-order valence-electron chi connectivity index (χ2n) is 7.88. The minimum Gasteiger partial charge on any atom is -0.508 e. The number of phenolic OH excluding ortho intramolecular Hbond substituents is 1. The number of nitrogens with one attached hydrogen (secondary N) is 2. The number of nitrogen functional groups attached to an aromatic ring is 2. The number of likely N-dealkylation sites (tertiary alicyclic amines) is 1. The first-order valence-corrected chi connectivity index (χ1v) is 10.4. The molecule has 4 rings (SSSR count). The molecule has 2 saturated heterocycles. The van der Waals surface area contributed by atoms with E-state index in [0.717, 1.165) is 5.56 Å². The van der Waals surface area contributed by atoms with Crippen molar-refractivity contribution in [3.05, 3.63) is 40.7 Å². The number of aromatic nitrogens is 2. The van der Waals surface area contributed by atoms with Crippen molar-refractivity contribution in [2.75, 3.05) is 31.1 Å². The number of rotatable bonds is 3. The van der Waals surface area contributed by atoms with E-state index in [2.05, 4.69) is 25.6 Å². The van der Waals surface area contributed by atoms with E-state index in [1.54, 1.807) is 24.3 Å². The Bertz CT molecular complexity index is 1080. The summed E-state index contributed by atoms with van der Waals surface area (Å²) in [6.45, 7) is 1.74. The van der Waals surface area contributed by atoms with Crippen molar-refractivity contribution in [1.82, 2.24) is 25.5 Å². The summed E-state index contributed by atoms with van der Waals surface area (Å²) in [5, 5.41) is 15.6. The van der Waals surface area contributed by atoms with Crippen molar-refractivity contribution in [2.45, 2.75) is 24.8 Å². The molecule has 2 aliphatic rings. The summed E-state index contributed by atoms with van der Waals surface area (Å²) in [5.41, 5.74) is 11.6. The number of hydrogen-bond donors (Lipinski definition) is 5. The van der Waals surface area contributed by atoms with Crippen LogP contribution in [0.3, 0.4) is 0 Å². The van der Waals surface area contributed by atoms with Gasteiger partial charge in [-0.3, -0.25) is 9.59 Å². The quantitative estimate of drug-likeness (QED) is 0.433. The number of anilines is 2. The van der Waals surface area contributed by atoms with Gasteiger partial charge in [0.05, 0.1) is 12.0 Å². The van der Waals surface area contributed by atoms with Gasteiger partial charge < -0.3 is 32.1 Å². The van der Waals surface area contributed by atoms with E-state index >= 15 is 0 Å². The molecule has 2 amide bonds. The standard InChI is InChI=1S/C20H23ClN8O3/c21-15-17(23)26-16(22)14(25-15)18(32)27-19-24-10-20(28-19)5-7-29(8-6-20)13(31)9-11-1-3-12(30)4-2-11/h1-4,30H,5-10H2,(H4,22,23,26)(H2,24,27,28,32). The molecule has 11 nitrogen and oxygen atoms in total. The predicted octanol–water partition coefficient (Wildman–Crippen LogP) is 0.293. The second-order valence-corrected chi connectivity index (χ2v) is 8.24. The Morgan fingerprint density at radius 3 is 2.53 bits per heavy atom. The van der Waals surface area contributed by atoms with Crippen molar-refractivity contribution in [1.29, 1.82) is 0 Å². The summed E-state index contributed by atoms with van der Waals surface area (Å²) in [5.74, 6) is -0.370. The number of aromatic hydroxyl groups is 1. The SMILES string of the molecule is Nc1nc(N)c(C(=O)/N=C2\NCC3(CCN(C(=O)Cc4ccc(O)cc4)CC3)N2)nc1Cl. The third kappa shape index (κ3) is 4.52. The number of amides is 2. The molecule has 168 valence electrons. The van der Waals surface area contributed by atoms with Crippen LogP contribution < -0.4 is 22.1 Å². The van der Waals surface area contributed by atoms with Gasteiger partial charge in [0.25, 0.3) is 0 Å². The summed E-state index contributed by atoms with van der Waals surface area (Å²) in [6, 6.07) is 6.63. The van der Waals surface area contributed by atoms with Crippen molar-refractivity contribution in [3.8, 4) is 5.75 Å². The first kappa shape index (κ1) is 21.6. The van der Waals surface area contributed by atoms with Gasteiger partial charge in [-0.05, 0) is 30.5 Å². The highest BCUT2D eigenvalue weighted by Gasteiger charge is 2.40. The normalized spacial score (nSPS) is 18.4. The van der Waals surface area contributed by atoms with E-state index in [4.69, 9.17) is 23.1 Å². The first-order chi connectivity index (χ1) is 15.2. The van der Waals surface area contributed by atoms with Gasteiger partial charge in [0.1, 0.15) is 5.75 Å². The van der Waals surface area contributed by atoms with E-state index in [1.165, 1.54) is 0 Å². The molecule has 3 heterocycles. The van der Waals surface area contributed by atoms with Gasteiger partial charge in [-0.2, -0.15) is 4.99 Å². The van der Waals surface area contributed by atoms with Gasteiger partial charge in [-0.15, -0.1) is 0 Å². The topological polar surface area (TPSA) is 172 Å². The molecule has 1 aromatic heterocycles. The molecule has 32 heavy (non-hydrogen) atoms. The zero-order valence-corrected chi connectivity index (χ0v) is 17.9. The van der Waals surface area contributed by atoms with E-state index in [-0.39, 0.29) is 46.1 Å². The number of benzene rings is 1. The molecule has 12 heteroatoms. The fraction of sp³-hybridized carbons (Fsp3) is 0.350. The molecule has 0 atom stereocenters. The van der Waals surface area contributed by atoms with Crippen LogP contribution >= 0.6 is 11.6 Å². The van der Waals surface area contributed by atoms with Gasteiger partial charge in [-0.1, -0.05) is 23.7 Å². The van der Waals surface area contributed by atoms with E-state index in [0.29, 0.717) is 38.4 Å². The molecule has 2 aliphatic heterocycles. The van der Waals surface area contributed by atoms with Crippen LogP contribution in [-0.4, -0.2) is 62.9 Å². The average molecular weight is 459 g/mol. The van der Waals surface area contributed by atoms with Crippen LogP contribution in [0.2, 0.25) is 5.15 Å². The zero-order valence-electron chi connectivity index (χ0n) is 17.1. The molecule has 0 radical (unpaired) electrons. The van der Waals surface area contributed by atoms with E-state index in [9.17, 15) is 14.7 Å². The molecule has 0 saturated carbocycles. The smallest absolute Gasteiger partial charge is 0.302 e. The number of phenols is 1. The third-order valence-corrected chi connectivity index (χ3v) is 5.94. The van der Waals surface area contributed by atoms with E-state index < -0.39 is 5.91 Å². The predicted molar refractivity (Wildman–Crippen MR) is 119 cm³/mol. The maximum Gasteiger partial charge on any atom is 0.302 e. The number of halogens is 1. The molecular weight excluding hydrogens is 436 g/mol. The first-order valence-electron chi connectivity index (χ1n) is 10.0. The number of hydrogen-bond acceptors (Lipinski definition) is 7. The van der Waals surface area contributed by atoms with Gasteiger partial charge in [0.2, 0.25) is 5.91 Å². The van der Waals surface area contributed by atoms with Crippen molar-refractivity contribution < 1.29 is 14.7 Å². The molecule has 2 fully saturated rings. The van der Waals surface area contributed by atoms with Crippen LogP contribution in [-0.2, 0) is 11.2 Å². The largest absolute Gasteiger partial charge is 0.508 e. The highest BCUT2D eigenvalue weighted by atomic mass is 35.5. The van der Waals surface area contributed by atoms with Crippen LogP contribution in [0.5, 0.6) is 5.75 Å². The minimum absolute atomic E-state index is 0.0369. The van der Waals surface area contributed by atoms with Crippen LogP contribution in [0.15, 0.2) is 29.3 Å². The minimum atomic E-state index is -0.689. The Hall–Kier alpha value is -3.60. The number of carbonyl (C=O) groups is 2. The van der Waals surface area contributed by atoms with Crippen molar-refractivity contribution >= 4 is 41.0 Å². The third-order valence-electron chi connectivity index (χ3n) is 5.66. The molecule has 0 unspecified atom stereocenters. The lowest BCUT2D eigenvalue weighted by Gasteiger charge is -2.38. The van der Waals surface area contributed by atoms with E-state index in [1.807, 2.05) is 4.90 Å². The monoisotopic (exact) mass is 458 g/mol. The summed E-state index contributed by atoms with van der Waals surface area (Å²) in [6.07, 6.45) is 1.68. The number of nitrogens with zero attached hydrogens (tertiary/aromatic N) is 4. The molecule has 2 aromatic rings.